The van der Waals surface area contributed by atoms with Crippen molar-refractivity contribution in [2.24, 2.45) is 10.9 Å². The van der Waals surface area contributed by atoms with Gasteiger partial charge in [0.05, 0.1) is 5.69 Å². The number of carbonyl (C=O) groups is 1. The number of carboxylic acid groups (broad SMARTS) is 1. The van der Waals surface area contributed by atoms with Crippen molar-refractivity contribution in [2.45, 2.75) is 26.3 Å². The van der Waals surface area contributed by atoms with Crippen molar-refractivity contribution in [3.05, 3.63) is 50.8 Å². The molecule has 0 amide bonds. The first-order valence-electron chi connectivity index (χ1n) is 7.86. The molecule has 0 saturated heterocycles. The lowest BCUT2D eigenvalue weighted by atomic mass is 10.00. The predicted molar refractivity (Wildman–Crippen MR) is 97.3 cm³/mol. The van der Waals surface area contributed by atoms with Gasteiger partial charge in [-0.1, -0.05) is 20.3 Å². The lowest BCUT2D eigenvalue weighted by Crippen LogP contribution is -2.26. The zero-order valence-electron chi connectivity index (χ0n) is 14.1. The predicted octanol–water partition coefficient (Wildman–Crippen LogP) is 2.66. The maximum Gasteiger partial charge on any atom is 0.328 e. The fourth-order valence-electron chi connectivity index (χ4n) is 2.32. The molecule has 1 aromatic carbocycles. The molecule has 26 heavy (non-hydrogen) atoms. The van der Waals surface area contributed by atoms with Gasteiger partial charge in [-0.15, -0.1) is 0 Å². The van der Waals surface area contributed by atoms with Crippen LogP contribution in [-0.2, 0) is 4.79 Å². The highest BCUT2D eigenvalue weighted by Gasteiger charge is 2.22. The minimum atomic E-state index is -1.13. The van der Waals surface area contributed by atoms with Crippen molar-refractivity contribution in [3.63, 3.8) is 0 Å². The largest absolute Gasteiger partial charge is 0.494 e. The number of hydrogen-bond donors (Lipinski definition) is 3. The average molecular weight is 379 g/mol. The molecular weight excluding hydrogens is 361 g/mol. The third-order valence-corrected chi connectivity index (χ3v) is 4.29. The Balaban J connectivity index is 2.57. The number of nitrogens with zero attached hydrogens (tertiary/aromatic N) is 2. The lowest BCUT2D eigenvalue weighted by Gasteiger charge is -2.14. The third-order valence-electron chi connectivity index (χ3n) is 4.01. The molecule has 0 aliphatic rings. The summed E-state index contributed by atoms with van der Waals surface area (Å²) in [6.07, 6.45) is 1.60. The van der Waals surface area contributed by atoms with Crippen LogP contribution in [0.1, 0.15) is 25.8 Å². The molecule has 0 fully saturated rings. The van der Waals surface area contributed by atoms with Crippen LogP contribution in [0.2, 0.25) is 0 Å². The van der Waals surface area contributed by atoms with Crippen molar-refractivity contribution in [1.82, 2.24) is 9.55 Å². The fraction of sp³-hybridized carbons (Fsp3) is 0.294. The summed E-state index contributed by atoms with van der Waals surface area (Å²) in [6, 6.07) is 4.06. The molecule has 2 rings (SSSR count). The highest BCUT2D eigenvalue weighted by Crippen LogP contribution is 2.19. The van der Waals surface area contributed by atoms with Crippen molar-refractivity contribution < 1.29 is 19.4 Å². The lowest BCUT2D eigenvalue weighted by molar-refractivity contribution is -0.139. The minimum absolute atomic E-state index is 0.0898. The van der Waals surface area contributed by atoms with Crippen LogP contribution in [0.3, 0.4) is 0 Å². The molecular formula is C17H18FN3O4S. The molecule has 1 heterocycles. The number of benzene rings is 1. The van der Waals surface area contributed by atoms with E-state index >= 15 is 0 Å². The summed E-state index contributed by atoms with van der Waals surface area (Å²) in [6.45, 7) is 3.56. The average Bonchev–Trinajstić information content (AvgIpc) is 2.58. The first-order chi connectivity index (χ1) is 12.3. The van der Waals surface area contributed by atoms with E-state index in [1.54, 1.807) is 6.92 Å². The molecule has 3 N–H and O–H groups in total. The van der Waals surface area contributed by atoms with Gasteiger partial charge in [0.2, 0.25) is 5.88 Å². The van der Waals surface area contributed by atoms with Gasteiger partial charge in [0.15, 0.2) is 4.77 Å². The number of H-pyrrole nitrogens is 1. The van der Waals surface area contributed by atoms with E-state index in [2.05, 4.69) is 9.98 Å². The van der Waals surface area contributed by atoms with Gasteiger partial charge >= 0.3 is 5.97 Å². The zero-order chi connectivity index (χ0) is 19.4. The van der Waals surface area contributed by atoms with Crippen molar-refractivity contribution >= 4 is 24.4 Å². The molecule has 0 saturated carbocycles. The summed E-state index contributed by atoms with van der Waals surface area (Å²) in [5.41, 5.74) is -0.614. The molecule has 0 aliphatic heterocycles. The Morgan fingerprint density at radius 2 is 2.04 bits per heavy atom. The molecule has 2 aromatic rings. The second-order valence-electron chi connectivity index (χ2n) is 5.76. The normalized spacial score (nSPS) is 13.7. The summed E-state index contributed by atoms with van der Waals surface area (Å²) in [5.74, 6) is -2.36. The fourth-order valence-corrected chi connectivity index (χ4v) is 2.60. The topological polar surface area (TPSA) is 108 Å². The zero-order valence-corrected chi connectivity index (χ0v) is 15.0. The molecule has 0 bridgehead atoms. The Hall–Kier alpha value is -2.81. The Morgan fingerprint density at radius 3 is 2.58 bits per heavy atom. The van der Waals surface area contributed by atoms with Gasteiger partial charge in [-0.25, -0.2) is 9.18 Å². The van der Waals surface area contributed by atoms with E-state index in [0.29, 0.717) is 12.1 Å². The summed E-state index contributed by atoms with van der Waals surface area (Å²) in [5, 5.41) is 19.7. The number of aromatic amines is 1. The van der Waals surface area contributed by atoms with Gasteiger partial charge in [-0.05, 0) is 42.4 Å². The van der Waals surface area contributed by atoms with E-state index in [1.165, 1.54) is 24.3 Å². The highest BCUT2D eigenvalue weighted by molar-refractivity contribution is 7.71. The minimum Gasteiger partial charge on any atom is -0.494 e. The van der Waals surface area contributed by atoms with E-state index in [9.17, 15) is 24.2 Å². The summed E-state index contributed by atoms with van der Waals surface area (Å²) >= 11 is 5.05. The molecule has 2 atom stereocenters. The highest BCUT2D eigenvalue weighted by atomic mass is 32.1. The Kier molecular flexibility index (Phi) is 6.04. The van der Waals surface area contributed by atoms with Crippen LogP contribution in [0.5, 0.6) is 5.88 Å². The van der Waals surface area contributed by atoms with Crippen LogP contribution >= 0.6 is 12.2 Å². The first kappa shape index (κ1) is 19.5. The molecule has 138 valence electrons. The van der Waals surface area contributed by atoms with E-state index in [4.69, 9.17) is 12.2 Å². The van der Waals surface area contributed by atoms with Crippen LogP contribution in [0, 0.1) is 16.5 Å². The molecule has 0 radical (unpaired) electrons. The third kappa shape index (κ3) is 4.05. The maximum absolute atomic E-state index is 13.1. The van der Waals surface area contributed by atoms with Crippen molar-refractivity contribution in [3.8, 4) is 11.6 Å². The molecule has 0 spiro atoms. The molecule has 9 heteroatoms. The summed E-state index contributed by atoms with van der Waals surface area (Å²) in [7, 11) is 0. The first-order valence-corrected chi connectivity index (χ1v) is 8.27. The van der Waals surface area contributed by atoms with Gasteiger partial charge in [-0.2, -0.15) is 0 Å². The van der Waals surface area contributed by atoms with E-state index in [-0.39, 0.29) is 16.3 Å². The SMILES string of the molecule is CCC(C)C(N=Cc1c(O)n(-c2ccc(F)cc2)c(=S)[nH]c1=O)C(=O)O. The van der Waals surface area contributed by atoms with Gasteiger partial charge < -0.3 is 10.2 Å². The van der Waals surface area contributed by atoms with Gasteiger partial charge in [0.25, 0.3) is 5.56 Å². The quantitative estimate of drug-likeness (QED) is 0.528. The number of nitrogens with one attached hydrogen (secondary N) is 1. The van der Waals surface area contributed by atoms with Crippen LogP contribution in [0.4, 0.5) is 4.39 Å². The van der Waals surface area contributed by atoms with E-state index in [1.807, 2.05) is 6.92 Å². The molecule has 7 nitrogen and oxygen atoms in total. The second kappa shape index (κ2) is 8.05. The van der Waals surface area contributed by atoms with Gasteiger partial charge in [0, 0.05) is 6.21 Å². The van der Waals surface area contributed by atoms with Crippen LogP contribution in [-0.4, -0.2) is 38.0 Å². The van der Waals surface area contributed by atoms with Crippen molar-refractivity contribution in [1.29, 1.82) is 0 Å². The number of halogens is 1. The standard InChI is InChI=1S/C17H18FN3O4S/c1-3-9(2)13(16(24)25)19-8-12-14(22)20-17(26)21(15(12)23)11-6-4-10(18)5-7-11/h4-9,13,23H,3H2,1-2H3,(H,24,25)(H,20,22,26). The van der Waals surface area contributed by atoms with E-state index < -0.39 is 29.3 Å². The summed E-state index contributed by atoms with van der Waals surface area (Å²) in [4.78, 5) is 29.8. The number of hydrogen-bond acceptors (Lipinski definition) is 5. The molecule has 0 aliphatic carbocycles. The second-order valence-corrected chi connectivity index (χ2v) is 6.14. The Morgan fingerprint density at radius 1 is 1.42 bits per heavy atom. The van der Waals surface area contributed by atoms with Crippen LogP contribution < -0.4 is 5.56 Å². The number of rotatable bonds is 6. The smallest absolute Gasteiger partial charge is 0.328 e. The summed E-state index contributed by atoms with van der Waals surface area (Å²) < 4.78 is 14.2. The maximum atomic E-state index is 13.1. The molecule has 2 unspecified atom stereocenters. The van der Waals surface area contributed by atoms with Gasteiger partial charge in [-0.3, -0.25) is 19.3 Å². The number of aliphatic carboxylic acids is 1. The molecule has 1 aromatic heterocycles. The van der Waals surface area contributed by atoms with Crippen molar-refractivity contribution in [2.75, 3.05) is 0 Å². The number of carboxylic acids is 1. The Bertz CT molecular complexity index is 950. The Labute approximate surface area is 153 Å². The van der Waals surface area contributed by atoms with Crippen LogP contribution in [0.15, 0.2) is 34.1 Å². The van der Waals surface area contributed by atoms with Crippen LogP contribution in [0.25, 0.3) is 5.69 Å². The number of aromatic hydroxyl groups is 1. The number of aromatic nitrogens is 2. The van der Waals surface area contributed by atoms with Gasteiger partial charge in [0.1, 0.15) is 17.4 Å². The van der Waals surface area contributed by atoms with E-state index in [0.717, 1.165) is 10.8 Å². The number of aliphatic imine (C=N–C) groups is 1. The monoisotopic (exact) mass is 379 g/mol.